The molecule has 0 unspecified atom stereocenters. The van der Waals surface area contributed by atoms with E-state index in [-0.39, 0.29) is 61.9 Å². The first-order chi connectivity index (χ1) is 17.3. The number of unbranched alkanes of at least 4 members (excludes halogenated alkanes) is 1. The van der Waals surface area contributed by atoms with Gasteiger partial charge in [0.2, 0.25) is 17.7 Å². The Labute approximate surface area is 214 Å². The molecule has 0 aliphatic heterocycles. The Hall–Kier alpha value is -2.12. The van der Waals surface area contributed by atoms with E-state index in [9.17, 15) is 19.2 Å². The van der Waals surface area contributed by atoms with Crippen molar-refractivity contribution in [2.24, 2.45) is 5.92 Å². The van der Waals surface area contributed by atoms with Crippen molar-refractivity contribution in [3.05, 3.63) is 0 Å². The summed E-state index contributed by atoms with van der Waals surface area (Å²) in [6.45, 7) is 8.35. The van der Waals surface area contributed by atoms with E-state index < -0.39 is 0 Å². The van der Waals surface area contributed by atoms with Crippen LogP contribution < -0.4 is 21.3 Å². The fourth-order valence-corrected chi connectivity index (χ4v) is 2.97. The molecule has 1 atom stereocenters. The van der Waals surface area contributed by atoms with Crippen LogP contribution in [0, 0.1) is 5.92 Å². The van der Waals surface area contributed by atoms with E-state index in [0.29, 0.717) is 46.1 Å². The molecule has 0 aromatic rings. The molecule has 0 saturated carbocycles. The fraction of sp³-hybridized carbons (Fsp3) is 0.833. The average molecular weight is 519 g/mol. The molecular formula is C24H46N4O8. The van der Waals surface area contributed by atoms with Crippen LogP contribution in [0.3, 0.4) is 0 Å². The predicted octanol–water partition coefficient (Wildman–Crippen LogP) is -0.595. The van der Waals surface area contributed by atoms with E-state index in [1.54, 1.807) is 7.05 Å². The molecule has 4 N–H and O–H groups in total. The monoisotopic (exact) mass is 518 g/mol. The maximum atomic E-state index is 12.0. The molecule has 3 amide bonds. The molecule has 0 aliphatic carbocycles. The minimum absolute atomic E-state index is 0.00689. The number of nitrogens with one attached hydrogen (secondary N) is 4. The Morgan fingerprint density at radius 3 is 1.67 bits per heavy atom. The largest absolute Gasteiger partial charge is 0.377 e. The van der Waals surface area contributed by atoms with Gasteiger partial charge in [0.05, 0.1) is 45.7 Å². The number of carbonyl (C=O) groups excluding carboxylic acids is 4. The summed E-state index contributed by atoms with van der Waals surface area (Å²) < 4.78 is 21.1. The molecule has 0 aromatic carbocycles. The second-order valence-corrected chi connectivity index (χ2v) is 8.41. The second-order valence-electron chi connectivity index (χ2n) is 8.41. The topological polar surface area (TPSA) is 153 Å². The summed E-state index contributed by atoms with van der Waals surface area (Å²) >= 11 is 0. The maximum Gasteiger partial charge on any atom is 0.246 e. The van der Waals surface area contributed by atoms with Crippen LogP contribution in [-0.2, 0) is 38.1 Å². The van der Waals surface area contributed by atoms with Crippen molar-refractivity contribution in [1.29, 1.82) is 0 Å². The maximum absolute atomic E-state index is 12.0. The minimum atomic E-state index is -0.252. The lowest BCUT2D eigenvalue weighted by Gasteiger charge is -2.17. The molecule has 0 bridgehead atoms. The highest BCUT2D eigenvalue weighted by Crippen LogP contribution is 2.07. The molecular weight excluding hydrogens is 472 g/mol. The highest BCUT2D eigenvalue weighted by Gasteiger charge is 2.18. The summed E-state index contributed by atoms with van der Waals surface area (Å²) in [4.78, 5) is 46.1. The highest BCUT2D eigenvalue weighted by molar-refractivity contribution is 5.85. The predicted molar refractivity (Wildman–Crippen MR) is 135 cm³/mol. The van der Waals surface area contributed by atoms with Crippen molar-refractivity contribution in [2.45, 2.75) is 46.1 Å². The third kappa shape index (κ3) is 21.2. The lowest BCUT2D eigenvalue weighted by molar-refractivity contribution is -0.127. The van der Waals surface area contributed by atoms with E-state index in [0.717, 1.165) is 19.3 Å². The normalized spacial score (nSPS) is 11.8. The molecule has 0 aliphatic rings. The van der Waals surface area contributed by atoms with Gasteiger partial charge in [0.25, 0.3) is 0 Å². The van der Waals surface area contributed by atoms with Crippen LogP contribution in [0.5, 0.6) is 0 Å². The molecule has 0 heterocycles. The standard InChI is InChI=1S/C24H46N4O8/c1-19(2)24(32)21(25-4)7-5-6-8-27-22(30)17-35-16-14-34-12-10-28-23(31)18-36-15-13-33-11-9-26-20(3)29/h19,21,25H,5-18H2,1-4H3,(H,26,29)(H,27,30)(H,28,31)/t21-/m0/s1. The molecule has 12 heteroatoms. The quantitative estimate of drug-likeness (QED) is 0.123. The third-order valence-corrected chi connectivity index (χ3v) is 4.90. The zero-order valence-electron chi connectivity index (χ0n) is 22.3. The van der Waals surface area contributed by atoms with Gasteiger partial charge in [-0.05, 0) is 26.3 Å². The highest BCUT2D eigenvalue weighted by atomic mass is 16.5. The number of rotatable bonds is 24. The van der Waals surface area contributed by atoms with Gasteiger partial charge in [-0.1, -0.05) is 13.8 Å². The van der Waals surface area contributed by atoms with Crippen LogP contribution in [-0.4, -0.2) is 109 Å². The lowest BCUT2D eigenvalue weighted by Crippen LogP contribution is -2.37. The van der Waals surface area contributed by atoms with Gasteiger partial charge in [-0.3, -0.25) is 19.2 Å². The van der Waals surface area contributed by atoms with Crippen molar-refractivity contribution in [3.63, 3.8) is 0 Å². The van der Waals surface area contributed by atoms with Gasteiger partial charge in [0, 0.05) is 32.5 Å². The summed E-state index contributed by atoms with van der Waals surface area (Å²) in [6.07, 6.45) is 2.39. The SMILES string of the molecule is CN[C@@H](CCCCNC(=O)COCCOCCNC(=O)COCCOCCNC(C)=O)C(=O)C(C)C. The Morgan fingerprint density at radius 2 is 1.17 bits per heavy atom. The third-order valence-electron chi connectivity index (χ3n) is 4.90. The van der Waals surface area contributed by atoms with Gasteiger partial charge < -0.3 is 40.2 Å². The molecule has 36 heavy (non-hydrogen) atoms. The van der Waals surface area contributed by atoms with E-state index in [1.165, 1.54) is 6.92 Å². The second kappa shape index (κ2) is 23.3. The van der Waals surface area contributed by atoms with Gasteiger partial charge in [0.15, 0.2) is 5.78 Å². The van der Waals surface area contributed by atoms with E-state index in [1.807, 2.05) is 13.8 Å². The molecule has 12 nitrogen and oxygen atoms in total. The fourth-order valence-electron chi connectivity index (χ4n) is 2.97. The van der Waals surface area contributed by atoms with Gasteiger partial charge in [0.1, 0.15) is 13.2 Å². The smallest absolute Gasteiger partial charge is 0.246 e. The molecule has 0 rings (SSSR count). The van der Waals surface area contributed by atoms with Crippen LogP contribution in [0.25, 0.3) is 0 Å². The summed E-state index contributed by atoms with van der Waals surface area (Å²) in [5.41, 5.74) is 0. The summed E-state index contributed by atoms with van der Waals surface area (Å²) in [5, 5.41) is 11.1. The van der Waals surface area contributed by atoms with E-state index in [2.05, 4.69) is 21.3 Å². The van der Waals surface area contributed by atoms with E-state index >= 15 is 0 Å². The summed E-state index contributed by atoms with van der Waals surface area (Å²) in [6, 6.07) is -0.135. The zero-order valence-corrected chi connectivity index (χ0v) is 22.3. The minimum Gasteiger partial charge on any atom is -0.377 e. The number of ether oxygens (including phenoxy) is 4. The number of Topliss-reactive ketones (excluding diaryl/α,β-unsaturated/α-hetero) is 1. The van der Waals surface area contributed by atoms with Gasteiger partial charge in [-0.2, -0.15) is 0 Å². The van der Waals surface area contributed by atoms with Crippen LogP contribution in [0.2, 0.25) is 0 Å². The first-order valence-corrected chi connectivity index (χ1v) is 12.6. The van der Waals surface area contributed by atoms with Gasteiger partial charge in [-0.25, -0.2) is 0 Å². The Kier molecular flexibility index (Phi) is 21.9. The Bertz CT molecular complexity index is 619. The molecule has 210 valence electrons. The van der Waals surface area contributed by atoms with Gasteiger partial charge >= 0.3 is 0 Å². The van der Waals surface area contributed by atoms with Crippen molar-refractivity contribution < 1.29 is 38.1 Å². The number of hydrogen-bond acceptors (Lipinski definition) is 9. The number of carbonyl (C=O) groups is 4. The summed E-state index contributed by atoms with van der Waals surface area (Å²) in [5.74, 6) is -0.332. The van der Waals surface area contributed by atoms with Gasteiger partial charge in [-0.15, -0.1) is 0 Å². The number of ketones is 1. The Morgan fingerprint density at radius 1 is 0.667 bits per heavy atom. The number of hydrogen-bond donors (Lipinski definition) is 4. The van der Waals surface area contributed by atoms with Crippen LogP contribution in [0.4, 0.5) is 0 Å². The molecule has 0 saturated heterocycles. The van der Waals surface area contributed by atoms with Crippen LogP contribution >= 0.6 is 0 Å². The molecule has 0 radical (unpaired) electrons. The van der Waals surface area contributed by atoms with Crippen LogP contribution in [0.15, 0.2) is 0 Å². The molecule has 0 aromatic heterocycles. The zero-order chi connectivity index (χ0) is 27.0. The number of amides is 3. The Balaban J connectivity index is 3.46. The van der Waals surface area contributed by atoms with Crippen molar-refractivity contribution >= 4 is 23.5 Å². The molecule has 0 spiro atoms. The average Bonchev–Trinajstić information content (AvgIpc) is 2.84. The summed E-state index contributed by atoms with van der Waals surface area (Å²) in [7, 11) is 1.79. The van der Waals surface area contributed by atoms with Crippen molar-refractivity contribution in [3.8, 4) is 0 Å². The van der Waals surface area contributed by atoms with E-state index in [4.69, 9.17) is 18.9 Å². The first kappa shape index (κ1) is 33.9. The van der Waals surface area contributed by atoms with Crippen molar-refractivity contribution in [1.82, 2.24) is 21.3 Å². The van der Waals surface area contributed by atoms with Crippen LogP contribution in [0.1, 0.15) is 40.0 Å². The van der Waals surface area contributed by atoms with Crippen molar-refractivity contribution in [2.75, 3.05) is 79.5 Å². The lowest BCUT2D eigenvalue weighted by atomic mass is 9.97. The first-order valence-electron chi connectivity index (χ1n) is 12.6. The number of likely N-dealkylation sites (N-methyl/N-ethyl adjacent to an activating group) is 1. The molecule has 0 fully saturated rings.